The predicted molar refractivity (Wildman–Crippen MR) is 138 cm³/mol. The number of aliphatic hydroxyl groups excluding tert-OH is 1. The highest BCUT2D eigenvalue weighted by Crippen LogP contribution is 2.40. The van der Waals surface area contributed by atoms with E-state index in [4.69, 9.17) is 24.7 Å². The number of fused-ring (bicyclic) bond motifs is 1. The molecule has 2 aliphatic rings. The number of nitrogens with zero attached hydrogens (tertiary/aromatic N) is 3. The topological polar surface area (TPSA) is 117 Å². The molecule has 0 saturated heterocycles. The lowest BCUT2D eigenvalue weighted by Crippen LogP contribution is -2.35. The van der Waals surface area contributed by atoms with Gasteiger partial charge >= 0.3 is 0 Å². The molecule has 1 atom stereocenters. The summed E-state index contributed by atoms with van der Waals surface area (Å²) in [4.78, 5) is 17.8. The Bertz CT molecular complexity index is 1050. The molecule has 35 heavy (non-hydrogen) atoms. The third kappa shape index (κ3) is 6.08. The zero-order valence-corrected chi connectivity index (χ0v) is 20.8. The van der Waals surface area contributed by atoms with E-state index in [0.717, 1.165) is 11.1 Å². The van der Waals surface area contributed by atoms with Gasteiger partial charge in [-0.3, -0.25) is 10.2 Å². The van der Waals surface area contributed by atoms with Crippen LogP contribution in [0.25, 0.3) is 0 Å². The zero-order chi connectivity index (χ0) is 25.0. The number of methoxy groups -OCH3 is 1. The maximum atomic E-state index is 13.3. The fourth-order valence-electron chi connectivity index (χ4n) is 3.81. The molecule has 1 unspecified atom stereocenters. The minimum absolute atomic E-state index is 0. The summed E-state index contributed by atoms with van der Waals surface area (Å²) in [7, 11) is 1.57. The highest BCUT2D eigenvalue weighted by Gasteiger charge is 2.37. The van der Waals surface area contributed by atoms with Crippen molar-refractivity contribution in [3.8, 4) is 11.5 Å². The Morgan fingerprint density at radius 2 is 1.97 bits per heavy atom. The number of rotatable bonds is 9. The molecule has 2 N–H and O–H groups in total. The maximum Gasteiger partial charge on any atom is 0.209 e. The van der Waals surface area contributed by atoms with Crippen LogP contribution in [0.4, 0.5) is 0 Å². The van der Waals surface area contributed by atoms with E-state index in [-0.39, 0.29) is 37.6 Å². The van der Waals surface area contributed by atoms with Crippen LogP contribution in [-0.2, 0) is 10.2 Å². The van der Waals surface area contributed by atoms with E-state index in [9.17, 15) is 4.79 Å². The molecular formula is C26H38N4O5. The van der Waals surface area contributed by atoms with Gasteiger partial charge in [-0.05, 0) is 37.0 Å². The largest absolute Gasteiger partial charge is 0.493 e. The van der Waals surface area contributed by atoms with Crippen molar-refractivity contribution < 1.29 is 24.1 Å². The second kappa shape index (κ2) is 11.5. The van der Waals surface area contributed by atoms with Crippen molar-refractivity contribution in [2.45, 2.75) is 59.9 Å². The second-order valence-electron chi connectivity index (χ2n) is 9.21. The van der Waals surface area contributed by atoms with Gasteiger partial charge in [0.05, 0.1) is 26.0 Å². The van der Waals surface area contributed by atoms with Gasteiger partial charge in [0.25, 0.3) is 0 Å². The lowest BCUT2D eigenvalue weighted by Gasteiger charge is -2.25. The van der Waals surface area contributed by atoms with Gasteiger partial charge in [-0.25, -0.2) is 10.0 Å². The van der Waals surface area contributed by atoms with E-state index < -0.39 is 6.04 Å². The Balaban J connectivity index is 0.00000432. The number of aliphatic hydroxyl groups is 1. The van der Waals surface area contributed by atoms with Crippen LogP contribution in [0.2, 0.25) is 0 Å². The molecule has 0 amide bonds. The summed E-state index contributed by atoms with van der Waals surface area (Å²) in [6.07, 6.45) is 2.26. The Morgan fingerprint density at radius 1 is 1.26 bits per heavy atom. The molecule has 0 radical (unpaired) electrons. The molecule has 0 spiro atoms. The van der Waals surface area contributed by atoms with Gasteiger partial charge in [-0.2, -0.15) is 5.10 Å². The van der Waals surface area contributed by atoms with E-state index in [2.05, 4.69) is 10.1 Å². The normalized spacial score (nSPS) is 17.1. The van der Waals surface area contributed by atoms with Crippen molar-refractivity contribution in [3.05, 3.63) is 34.9 Å². The van der Waals surface area contributed by atoms with E-state index in [1.54, 1.807) is 19.3 Å². The number of hydrogen-bond donors (Lipinski definition) is 2. The number of aliphatic imine (C=N–C) groups is 1. The van der Waals surface area contributed by atoms with Crippen LogP contribution in [0.15, 0.2) is 33.9 Å². The minimum atomic E-state index is -0.572. The molecule has 0 aromatic heterocycles. The lowest BCUT2D eigenvalue weighted by molar-refractivity contribution is 0.0964. The average molecular weight is 487 g/mol. The fourth-order valence-corrected chi connectivity index (χ4v) is 3.81. The van der Waals surface area contributed by atoms with E-state index in [1.165, 1.54) is 5.01 Å². The van der Waals surface area contributed by atoms with Gasteiger partial charge < -0.3 is 19.3 Å². The van der Waals surface area contributed by atoms with Crippen LogP contribution >= 0.6 is 0 Å². The molecule has 2 aliphatic heterocycles. The Hall–Kier alpha value is -3.20. The Morgan fingerprint density at radius 3 is 2.57 bits per heavy atom. The van der Waals surface area contributed by atoms with Gasteiger partial charge in [0.15, 0.2) is 23.3 Å². The summed E-state index contributed by atoms with van der Waals surface area (Å²) in [6, 6.07) is 2.90. The van der Waals surface area contributed by atoms with Crippen LogP contribution in [0.1, 0.15) is 64.4 Å². The fraction of sp³-hybridized carbons (Fsp3) is 0.538. The van der Waals surface area contributed by atoms with Crippen LogP contribution in [0.5, 0.6) is 11.5 Å². The van der Waals surface area contributed by atoms with Gasteiger partial charge in [0.1, 0.15) is 12.4 Å². The monoisotopic (exact) mass is 486 g/mol. The Labute approximate surface area is 208 Å². The molecule has 0 fully saturated rings. The molecule has 1 aromatic rings. The minimum Gasteiger partial charge on any atom is -0.493 e. The maximum absolute atomic E-state index is 13.3. The number of carbonyl (C=O) groups excluding carboxylic acids is 1. The number of ether oxygens (including phenoxy) is 3. The van der Waals surface area contributed by atoms with Crippen LogP contribution in [0.3, 0.4) is 0 Å². The van der Waals surface area contributed by atoms with Crippen LogP contribution < -0.4 is 9.47 Å². The first-order valence-corrected chi connectivity index (χ1v) is 11.4. The van der Waals surface area contributed by atoms with Gasteiger partial charge in [-0.1, -0.05) is 28.2 Å². The van der Waals surface area contributed by atoms with E-state index in [1.807, 2.05) is 40.7 Å². The predicted octanol–water partition coefficient (Wildman–Crippen LogP) is 3.99. The summed E-state index contributed by atoms with van der Waals surface area (Å²) in [5.41, 5.74) is 2.49. The smallest absolute Gasteiger partial charge is 0.209 e. The molecular weight excluding hydrogens is 448 g/mol. The molecule has 3 rings (SSSR count). The van der Waals surface area contributed by atoms with Crippen molar-refractivity contribution in [2.24, 2.45) is 10.1 Å². The number of benzene rings is 1. The Kier molecular flexibility index (Phi) is 9.20. The first-order valence-electron chi connectivity index (χ1n) is 11.4. The number of Topliss-reactive ketones (excluding diaryl/α,β-unsaturated/α-hetero) is 1. The zero-order valence-electron chi connectivity index (χ0n) is 20.8. The van der Waals surface area contributed by atoms with Gasteiger partial charge in [0.2, 0.25) is 5.90 Å². The molecule has 0 bridgehead atoms. The third-order valence-corrected chi connectivity index (χ3v) is 5.56. The van der Waals surface area contributed by atoms with Gasteiger partial charge in [-0.15, -0.1) is 0 Å². The SMILES string of the molecule is C.CCOC1=NC2C(=N)N(CC(=O)c3cc(OCCCO)c(OC)c(C(C)(C)C)c3)N=C2C(C)=C1. The number of hydrogen-bond acceptors (Lipinski definition) is 8. The number of nitrogens with one attached hydrogen (secondary N) is 1. The van der Waals surface area contributed by atoms with Crippen molar-refractivity contribution in [1.82, 2.24) is 5.01 Å². The standard InChI is InChI=1S/C25H34N4O5.CH4/c1-7-33-20-11-15(2)21-22(27-20)24(26)29(28-21)14-18(31)16-12-17(25(3,4)5)23(32-6)19(13-16)34-10-8-9-30;/h11-13,22,26,30H,7-10,14H2,1-6H3;1H4. The molecule has 9 heteroatoms. The summed E-state index contributed by atoms with van der Waals surface area (Å²) < 4.78 is 17.0. The highest BCUT2D eigenvalue weighted by atomic mass is 16.5. The molecule has 9 nitrogen and oxygen atoms in total. The summed E-state index contributed by atoms with van der Waals surface area (Å²) in [6.45, 7) is 10.6. The summed E-state index contributed by atoms with van der Waals surface area (Å²) in [5.74, 6) is 1.42. The first kappa shape index (κ1) is 28.0. The quantitative estimate of drug-likeness (QED) is 0.403. The molecule has 1 aromatic carbocycles. The molecule has 192 valence electrons. The number of dihydropyridines is 1. The number of hydrazone groups is 1. The molecule has 0 saturated carbocycles. The summed E-state index contributed by atoms with van der Waals surface area (Å²) in [5, 5.41) is 23.6. The molecule has 0 aliphatic carbocycles. The van der Waals surface area contributed by atoms with Crippen molar-refractivity contribution >= 4 is 23.2 Å². The number of carbonyl (C=O) groups is 1. The number of ketones is 1. The van der Waals surface area contributed by atoms with Crippen LogP contribution in [0, 0.1) is 5.41 Å². The summed E-state index contributed by atoms with van der Waals surface area (Å²) >= 11 is 0. The van der Waals surface area contributed by atoms with Crippen molar-refractivity contribution in [1.29, 1.82) is 5.41 Å². The van der Waals surface area contributed by atoms with Gasteiger partial charge in [0, 0.05) is 30.2 Å². The molecule has 2 heterocycles. The third-order valence-electron chi connectivity index (χ3n) is 5.56. The van der Waals surface area contributed by atoms with E-state index >= 15 is 0 Å². The highest BCUT2D eigenvalue weighted by molar-refractivity contribution is 6.24. The van der Waals surface area contributed by atoms with Crippen molar-refractivity contribution in [3.63, 3.8) is 0 Å². The van der Waals surface area contributed by atoms with E-state index in [0.29, 0.717) is 48.3 Å². The first-order chi connectivity index (χ1) is 16.1. The lowest BCUT2D eigenvalue weighted by atomic mass is 9.84. The van der Waals surface area contributed by atoms with Crippen molar-refractivity contribution in [2.75, 3.05) is 33.5 Å². The second-order valence-corrected chi connectivity index (χ2v) is 9.21. The van der Waals surface area contributed by atoms with Crippen LogP contribution in [-0.4, -0.2) is 72.9 Å². The average Bonchev–Trinajstić information content (AvgIpc) is 3.09. The number of amidine groups is 1.